The van der Waals surface area contributed by atoms with Gasteiger partial charge in [-0.1, -0.05) is 24.6 Å². The molecule has 2 rings (SSSR count). The van der Waals surface area contributed by atoms with E-state index in [1.807, 2.05) is 6.92 Å². The smallest absolute Gasteiger partial charge is 0.305 e. The van der Waals surface area contributed by atoms with Crippen LogP contribution < -0.4 is 0 Å². The highest BCUT2D eigenvalue weighted by molar-refractivity contribution is 5.79. The number of carbonyl (C=O) groups excluding carboxylic acids is 1. The Labute approximate surface area is 114 Å². The first kappa shape index (κ1) is 13.7. The predicted octanol–water partition coefficient (Wildman–Crippen LogP) is 3.76. The highest BCUT2D eigenvalue weighted by atomic mass is 16.5. The van der Waals surface area contributed by atoms with Gasteiger partial charge in [0.05, 0.1) is 6.61 Å². The Balaban J connectivity index is 1.73. The average molecular weight is 259 g/mol. The Morgan fingerprint density at radius 3 is 2.84 bits per heavy atom. The second kappa shape index (κ2) is 6.98. The van der Waals surface area contributed by atoms with E-state index in [-0.39, 0.29) is 5.97 Å². The zero-order chi connectivity index (χ0) is 13.5. The number of rotatable bonds is 7. The lowest BCUT2D eigenvalue weighted by Crippen LogP contribution is -2.03. The number of benzene rings is 1. The zero-order valence-corrected chi connectivity index (χ0v) is 11.5. The van der Waals surface area contributed by atoms with Crippen LogP contribution in [0.3, 0.4) is 0 Å². The molecule has 3 heteroatoms. The fourth-order valence-electron chi connectivity index (χ4n) is 2.30. The van der Waals surface area contributed by atoms with E-state index in [2.05, 4.69) is 41.1 Å². The monoisotopic (exact) mass is 259 g/mol. The molecule has 0 saturated heterocycles. The van der Waals surface area contributed by atoms with Gasteiger partial charge >= 0.3 is 5.97 Å². The van der Waals surface area contributed by atoms with Crippen LogP contribution in [0.5, 0.6) is 0 Å². The summed E-state index contributed by atoms with van der Waals surface area (Å²) in [6.45, 7) is 3.33. The summed E-state index contributed by atoms with van der Waals surface area (Å²) >= 11 is 0. The Hall–Kier alpha value is -1.77. The molecule has 0 amide bonds. The molecule has 0 N–H and O–H groups in total. The maximum absolute atomic E-state index is 11.2. The van der Waals surface area contributed by atoms with Crippen LogP contribution in [-0.4, -0.2) is 17.1 Å². The minimum Gasteiger partial charge on any atom is -0.466 e. The molecule has 1 aromatic heterocycles. The van der Waals surface area contributed by atoms with E-state index in [9.17, 15) is 4.79 Å². The third-order valence-corrected chi connectivity index (χ3v) is 3.27. The van der Waals surface area contributed by atoms with Gasteiger partial charge in [-0.05, 0) is 37.3 Å². The van der Waals surface area contributed by atoms with Gasteiger partial charge in [0.2, 0.25) is 0 Å². The largest absolute Gasteiger partial charge is 0.466 e. The minimum atomic E-state index is -0.0751. The molecule has 0 saturated carbocycles. The maximum atomic E-state index is 11.2. The van der Waals surface area contributed by atoms with E-state index in [0.717, 1.165) is 25.8 Å². The minimum absolute atomic E-state index is 0.0751. The summed E-state index contributed by atoms with van der Waals surface area (Å²) in [5, 5.41) is 1.29. The molecule has 0 atom stereocenters. The number of esters is 1. The normalized spacial score (nSPS) is 10.8. The van der Waals surface area contributed by atoms with Gasteiger partial charge in [0, 0.05) is 24.7 Å². The Bertz CT molecular complexity index is 530. The zero-order valence-electron chi connectivity index (χ0n) is 11.5. The van der Waals surface area contributed by atoms with E-state index < -0.39 is 0 Å². The van der Waals surface area contributed by atoms with E-state index in [4.69, 9.17) is 4.74 Å². The first-order valence-corrected chi connectivity index (χ1v) is 7.00. The van der Waals surface area contributed by atoms with Crippen molar-refractivity contribution in [2.75, 3.05) is 6.61 Å². The standard InChI is InChI=1S/C16H21NO2/c1-2-19-16(18)10-4-3-7-12-17-13-11-14-8-5-6-9-15(14)17/h5-6,8-9,11,13H,2-4,7,10,12H2,1H3. The molecule has 1 heterocycles. The van der Waals surface area contributed by atoms with Crippen molar-refractivity contribution < 1.29 is 9.53 Å². The first-order chi connectivity index (χ1) is 9.31. The van der Waals surface area contributed by atoms with Crippen LogP contribution in [0.2, 0.25) is 0 Å². The van der Waals surface area contributed by atoms with Crippen molar-refractivity contribution in [3.05, 3.63) is 36.5 Å². The molecular formula is C16H21NO2. The number of fused-ring (bicyclic) bond motifs is 1. The van der Waals surface area contributed by atoms with Gasteiger partial charge in [-0.25, -0.2) is 0 Å². The van der Waals surface area contributed by atoms with Crippen molar-refractivity contribution in [3.8, 4) is 0 Å². The van der Waals surface area contributed by atoms with Crippen LogP contribution in [0.15, 0.2) is 36.5 Å². The van der Waals surface area contributed by atoms with Crippen LogP contribution in [-0.2, 0) is 16.1 Å². The number of hydrogen-bond donors (Lipinski definition) is 0. The number of para-hydroxylation sites is 1. The van der Waals surface area contributed by atoms with Gasteiger partial charge in [-0.2, -0.15) is 0 Å². The molecule has 1 aromatic carbocycles. The number of hydrogen-bond acceptors (Lipinski definition) is 2. The molecule has 0 aliphatic rings. The van der Waals surface area contributed by atoms with Crippen molar-refractivity contribution >= 4 is 16.9 Å². The fraction of sp³-hybridized carbons (Fsp3) is 0.438. The van der Waals surface area contributed by atoms with E-state index >= 15 is 0 Å². The maximum Gasteiger partial charge on any atom is 0.305 e. The molecule has 0 fully saturated rings. The van der Waals surface area contributed by atoms with Crippen molar-refractivity contribution in [2.45, 2.75) is 39.2 Å². The van der Waals surface area contributed by atoms with Crippen molar-refractivity contribution in [2.24, 2.45) is 0 Å². The molecule has 0 aliphatic carbocycles. The van der Waals surface area contributed by atoms with Crippen molar-refractivity contribution in [1.82, 2.24) is 4.57 Å². The van der Waals surface area contributed by atoms with Crippen LogP contribution >= 0.6 is 0 Å². The summed E-state index contributed by atoms with van der Waals surface area (Å²) in [6.07, 6.45) is 5.75. The summed E-state index contributed by atoms with van der Waals surface area (Å²) in [6, 6.07) is 10.6. The number of ether oxygens (including phenoxy) is 1. The highest BCUT2D eigenvalue weighted by Gasteiger charge is 2.02. The van der Waals surface area contributed by atoms with E-state index in [1.54, 1.807) is 0 Å². The molecule has 3 nitrogen and oxygen atoms in total. The lowest BCUT2D eigenvalue weighted by Gasteiger charge is -2.05. The second-order valence-electron chi connectivity index (χ2n) is 4.68. The number of nitrogens with zero attached hydrogens (tertiary/aromatic N) is 1. The Morgan fingerprint density at radius 2 is 2.00 bits per heavy atom. The van der Waals surface area contributed by atoms with E-state index in [0.29, 0.717) is 13.0 Å². The summed E-state index contributed by atoms with van der Waals surface area (Å²) in [5.41, 5.74) is 1.29. The van der Waals surface area contributed by atoms with Crippen LogP contribution in [0.25, 0.3) is 10.9 Å². The molecule has 0 radical (unpaired) electrons. The summed E-state index contributed by atoms with van der Waals surface area (Å²) in [5.74, 6) is -0.0751. The highest BCUT2D eigenvalue weighted by Crippen LogP contribution is 2.16. The molecule has 0 spiro atoms. The van der Waals surface area contributed by atoms with Crippen molar-refractivity contribution in [3.63, 3.8) is 0 Å². The summed E-state index contributed by atoms with van der Waals surface area (Å²) < 4.78 is 7.19. The fourth-order valence-corrected chi connectivity index (χ4v) is 2.30. The van der Waals surface area contributed by atoms with Gasteiger partial charge in [0.15, 0.2) is 0 Å². The molecular weight excluding hydrogens is 238 g/mol. The average Bonchev–Trinajstić information content (AvgIpc) is 2.82. The van der Waals surface area contributed by atoms with Gasteiger partial charge in [-0.3, -0.25) is 4.79 Å². The van der Waals surface area contributed by atoms with Gasteiger partial charge in [0.25, 0.3) is 0 Å². The third kappa shape index (κ3) is 3.85. The van der Waals surface area contributed by atoms with Gasteiger partial charge in [0.1, 0.15) is 0 Å². The number of aromatic nitrogens is 1. The summed E-state index contributed by atoms with van der Waals surface area (Å²) in [7, 11) is 0. The second-order valence-corrected chi connectivity index (χ2v) is 4.68. The van der Waals surface area contributed by atoms with Crippen molar-refractivity contribution in [1.29, 1.82) is 0 Å². The SMILES string of the molecule is CCOC(=O)CCCCCn1ccc2ccccc21. The van der Waals surface area contributed by atoms with Gasteiger partial charge < -0.3 is 9.30 Å². The lowest BCUT2D eigenvalue weighted by molar-refractivity contribution is -0.143. The molecule has 102 valence electrons. The molecule has 19 heavy (non-hydrogen) atoms. The molecule has 2 aromatic rings. The molecule has 0 unspecified atom stereocenters. The lowest BCUT2D eigenvalue weighted by atomic mass is 10.2. The Kier molecular flexibility index (Phi) is 5.01. The predicted molar refractivity (Wildman–Crippen MR) is 77.0 cm³/mol. The van der Waals surface area contributed by atoms with Crippen LogP contribution in [0.4, 0.5) is 0 Å². The molecule has 0 bridgehead atoms. The number of unbranched alkanes of at least 4 members (excludes halogenated alkanes) is 2. The number of carbonyl (C=O) groups is 1. The van der Waals surface area contributed by atoms with E-state index in [1.165, 1.54) is 10.9 Å². The Morgan fingerprint density at radius 1 is 1.16 bits per heavy atom. The first-order valence-electron chi connectivity index (χ1n) is 7.00. The molecule has 0 aliphatic heterocycles. The quantitative estimate of drug-likeness (QED) is 0.560. The third-order valence-electron chi connectivity index (χ3n) is 3.27. The summed E-state index contributed by atoms with van der Waals surface area (Å²) in [4.78, 5) is 11.2. The topological polar surface area (TPSA) is 31.2 Å². The van der Waals surface area contributed by atoms with Crippen LogP contribution in [0.1, 0.15) is 32.6 Å². The number of aryl methyl sites for hydroxylation is 1. The van der Waals surface area contributed by atoms with Gasteiger partial charge in [-0.15, -0.1) is 0 Å². The van der Waals surface area contributed by atoms with Crippen LogP contribution in [0, 0.1) is 0 Å².